The van der Waals surface area contributed by atoms with Gasteiger partial charge in [-0.2, -0.15) is 8.78 Å². The third-order valence-corrected chi connectivity index (χ3v) is 6.55. The van der Waals surface area contributed by atoms with Gasteiger partial charge in [0.05, 0.1) is 22.6 Å². The van der Waals surface area contributed by atoms with Crippen LogP contribution in [-0.2, 0) is 32.4 Å². The van der Waals surface area contributed by atoms with Gasteiger partial charge in [0.25, 0.3) is 0 Å². The topological polar surface area (TPSA) is 102 Å². The summed E-state index contributed by atoms with van der Waals surface area (Å²) in [5.74, 6) is -4.54. The van der Waals surface area contributed by atoms with Gasteiger partial charge in [-0.25, -0.2) is 18.2 Å². The molecule has 0 fully saturated rings. The molecule has 3 rings (SSSR count). The number of amides is 1. The van der Waals surface area contributed by atoms with Crippen molar-refractivity contribution in [1.29, 1.82) is 0 Å². The molecule has 0 spiro atoms. The fraction of sp³-hybridized carbons (Fsp3) is 0.190. The number of carbonyl (C=O) groups is 2. The second-order valence-corrected chi connectivity index (χ2v) is 9.59. The summed E-state index contributed by atoms with van der Waals surface area (Å²) in [6.45, 7) is 1.79. The van der Waals surface area contributed by atoms with Crippen LogP contribution in [0.15, 0.2) is 58.8 Å². The number of sulfone groups is 1. The number of aryl methyl sites for hydroxylation is 1. The summed E-state index contributed by atoms with van der Waals surface area (Å²) in [4.78, 5) is 27.9. The maximum atomic E-state index is 12.6. The van der Waals surface area contributed by atoms with Gasteiger partial charge in [0.2, 0.25) is 15.7 Å². The molecule has 0 aliphatic heterocycles. The Hall–Kier alpha value is -3.18. The van der Waals surface area contributed by atoms with Gasteiger partial charge in [0, 0.05) is 11.1 Å². The fourth-order valence-electron chi connectivity index (χ4n) is 2.58. The number of nitrogens with one attached hydrogen (secondary N) is 1. The van der Waals surface area contributed by atoms with E-state index in [1.54, 1.807) is 17.5 Å². The molecule has 32 heavy (non-hydrogen) atoms. The molecule has 3 aromatic rings. The predicted octanol–water partition coefficient (Wildman–Crippen LogP) is 3.99. The van der Waals surface area contributed by atoms with Crippen molar-refractivity contribution in [2.75, 3.05) is 5.32 Å². The lowest BCUT2D eigenvalue weighted by atomic mass is 10.2. The van der Waals surface area contributed by atoms with E-state index in [4.69, 9.17) is 4.74 Å². The predicted molar refractivity (Wildman–Crippen MR) is 114 cm³/mol. The van der Waals surface area contributed by atoms with Crippen molar-refractivity contribution in [1.82, 2.24) is 4.98 Å². The number of hydrogen-bond acceptors (Lipinski definition) is 7. The first kappa shape index (κ1) is 23.5. The molecule has 1 heterocycles. The molecule has 1 amide bonds. The Kier molecular flexibility index (Phi) is 7.31. The van der Waals surface area contributed by atoms with Gasteiger partial charge in [0.1, 0.15) is 11.6 Å². The zero-order chi connectivity index (χ0) is 23.3. The number of carbonyl (C=O) groups excluding carboxylic acids is 2. The van der Waals surface area contributed by atoms with Crippen molar-refractivity contribution in [2.45, 2.75) is 30.6 Å². The van der Waals surface area contributed by atoms with Crippen molar-refractivity contribution in [3.63, 3.8) is 0 Å². The Bertz CT molecular complexity index is 1210. The number of esters is 1. The average Bonchev–Trinajstić information content (AvgIpc) is 3.20. The van der Waals surface area contributed by atoms with E-state index in [0.717, 1.165) is 29.8 Å². The van der Waals surface area contributed by atoms with Crippen LogP contribution < -0.4 is 5.32 Å². The standard InChI is InChI=1S/C21H18F2N2O5S2/c1-13-2-6-15(7-3-13)24-18(26)10-19-25-16(12-31-19)11-30-20(27)14-4-8-17(9-5-14)32(28,29)21(22)23/h2-9,12,21H,10-11H2,1H3,(H,24,26). The summed E-state index contributed by atoms with van der Waals surface area (Å²) in [7, 11) is -4.73. The lowest BCUT2D eigenvalue weighted by Crippen LogP contribution is -2.14. The molecule has 1 N–H and O–H groups in total. The first-order valence-corrected chi connectivity index (χ1v) is 11.7. The van der Waals surface area contributed by atoms with E-state index in [1.807, 2.05) is 19.1 Å². The first-order chi connectivity index (χ1) is 15.1. The number of anilines is 1. The summed E-state index contributed by atoms with van der Waals surface area (Å²) < 4.78 is 53.1. The number of ether oxygens (including phenoxy) is 1. The average molecular weight is 481 g/mol. The van der Waals surface area contributed by atoms with Crippen molar-refractivity contribution >= 4 is 38.7 Å². The molecule has 0 atom stereocenters. The van der Waals surface area contributed by atoms with E-state index >= 15 is 0 Å². The van der Waals surface area contributed by atoms with Gasteiger partial charge < -0.3 is 10.1 Å². The maximum Gasteiger partial charge on any atom is 0.341 e. The Morgan fingerprint density at radius 1 is 1.09 bits per heavy atom. The Morgan fingerprint density at radius 2 is 1.75 bits per heavy atom. The maximum absolute atomic E-state index is 12.6. The quantitative estimate of drug-likeness (QED) is 0.489. The normalized spacial score (nSPS) is 11.4. The molecule has 0 saturated heterocycles. The molecule has 0 aliphatic carbocycles. The second-order valence-electron chi connectivity index (χ2n) is 6.73. The SMILES string of the molecule is Cc1ccc(NC(=O)Cc2nc(COC(=O)c3ccc(S(=O)(=O)C(F)F)cc3)cs2)cc1. The van der Waals surface area contributed by atoms with Crippen LogP contribution in [0.2, 0.25) is 0 Å². The third-order valence-electron chi connectivity index (χ3n) is 4.25. The van der Waals surface area contributed by atoms with Crippen molar-refractivity contribution in [2.24, 2.45) is 0 Å². The molecule has 2 aromatic carbocycles. The minimum atomic E-state index is -4.73. The highest BCUT2D eigenvalue weighted by molar-refractivity contribution is 7.91. The first-order valence-electron chi connectivity index (χ1n) is 9.24. The van der Waals surface area contributed by atoms with E-state index in [1.165, 1.54) is 11.3 Å². The fourth-order valence-corrected chi connectivity index (χ4v) is 4.08. The molecule has 11 heteroatoms. The Balaban J connectivity index is 1.52. The van der Waals surface area contributed by atoms with Crippen LogP contribution >= 0.6 is 11.3 Å². The van der Waals surface area contributed by atoms with Gasteiger partial charge in [-0.15, -0.1) is 11.3 Å². The van der Waals surface area contributed by atoms with Gasteiger partial charge in [0.15, 0.2) is 0 Å². The van der Waals surface area contributed by atoms with Gasteiger partial charge >= 0.3 is 11.7 Å². The molecule has 1 aromatic heterocycles. The minimum absolute atomic E-state index is 0.00569. The van der Waals surface area contributed by atoms with E-state index in [9.17, 15) is 26.8 Å². The van der Waals surface area contributed by atoms with Crippen LogP contribution in [0, 0.1) is 6.92 Å². The van der Waals surface area contributed by atoms with Crippen molar-refractivity contribution in [3.05, 3.63) is 75.7 Å². The third kappa shape index (κ3) is 5.95. The van der Waals surface area contributed by atoms with Crippen LogP contribution in [0.4, 0.5) is 14.5 Å². The van der Waals surface area contributed by atoms with E-state index in [2.05, 4.69) is 10.3 Å². The Labute approximate surface area is 187 Å². The molecule has 0 radical (unpaired) electrons. The molecule has 0 bridgehead atoms. The molecular weight excluding hydrogens is 462 g/mol. The van der Waals surface area contributed by atoms with Crippen LogP contribution in [-0.4, -0.2) is 31.0 Å². The van der Waals surface area contributed by atoms with Crippen LogP contribution in [0.1, 0.15) is 26.6 Å². The molecule has 0 unspecified atom stereocenters. The summed E-state index contributed by atoms with van der Waals surface area (Å²) in [5.41, 5.74) is 2.21. The highest BCUT2D eigenvalue weighted by Crippen LogP contribution is 2.19. The molecule has 0 saturated carbocycles. The van der Waals surface area contributed by atoms with Gasteiger partial charge in [-0.05, 0) is 43.3 Å². The van der Waals surface area contributed by atoms with Gasteiger partial charge in [-0.1, -0.05) is 17.7 Å². The summed E-state index contributed by atoms with van der Waals surface area (Å²) >= 11 is 1.24. The van der Waals surface area contributed by atoms with E-state index in [-0.39, 0.29) is 24.5 Å². The monoisotopic (exact) mass is 480 g/mol. The smallest absolute Gasteiger partial charge is 0.341 e. The van der Waals surface area contributed by atoms with Gasteiger partial charge in [-0.3, -0.25) is 4.79 Å². The van der Waals surface area contributed by atoms with Crippen LogP contribution in [0.25, 0.3) is 0 Å². The molecule has 7 nitrogen and oxygen atoms in total. The van der Waals surface area contributed by atoms with Crippen LogP contribution in [0.5, 0.6) is 0 Å². The molecular formula is C21H18F2N2O5S2. The summed E-state index contributed by atoms with van der Waals surface area (Å²) in [5, 5.41) is 4.97. The number of thiazole rings is 1. The summed E-state index contributed by atoms with van der Waals surface area (Å²) in [6, 6.07) is 11.4. The number of nitrogens with zero attached hydrogens (tertiary/aromatic N) is 1. The number of benzene rings is 2. The number of rotatable bonds is 8. The number of aromatic nitrogens is 1. The molecule has 0 aliphatic rings. The van der Waals surface area contributed by atoms with Crippen molar-refractivity contribution in [3.8, 4) is 0 Å². The van der Waals surface area contributed by atoms with E-state index in [0.29, 0.717) is 16.4 Å². The largest absolute Gasteiger partial charge is 0.456 e. The minimum Gasteiger partial charge on any atom is -0.456 e. The number of hydrogen-bond donors (Lipinski definition) is 1. The summed E-state index contributed by atoms with van der Waals surface area (Å²) in [6.07, 6.45) is 0.0621. The van der Waals surface area contributed by atoms with Crippen molar-refractivity contribution < 1.29 is 31.5 Å². The lowest BCUT2D eigenvalue weighted by molar-refractivity contribution is -0.115. The van der Waals surface area contributed by atoms with E-state index < -0.39 is 26.5 Å². The Morgan fingerprint density at radius 3 is 2.38 bits per heavy atom. The van der Waals surface area contributed by atoms with Crippen LogP contribution in [0.3, 0.4) is 0 Å². The zero-order valence-electron chi connectivity index (χ0n) is 16.7. The second kappa shape index (κ2) is 9.96. The number of alkyl halides is 2. The molecule has 168 valence electrons. The highest BCUT2D eigenvalue weighted by atomic mass is 32.2. The lowest BCUT2D eigenvalue weighted by Gasteiger charge is -2.05. The highest BCUT2D eigenvalue weighted by Gasteiger charge is 2.26. The zero-order valence-corrected chi connectivity index (χ0v) is 18.4. The number of halogens is 2.